The lowest BCUT2D eigenvalue weighted by Crippen LogP contribution is -2.29. The monoisotopic (exact) mass is 299 g/mol. The first-order valence-corrected chi connectivity index (χ1v) is 8.05. The lowest BCUT2D eigenvalue weighted by molar-refractivity contribution is 0.527. The maximum Gasteiger partial charge on any atom is 0.301 e. The van der Waals surface area contributed by atoms with E-state index in [1.54, 1.807) is 12.3 Å². The molecule has 0 amide bonds. The van der Waals surface area contributed by atoms with Crippen molar-refractivity contribution >= 4 is 21.7 Å². The summed E-state index contributed by atoms with van der Waals surface area (Å²) in [6.45, 7) is 3.84. The standard InChI is InChI=1S/C12H21N5O2S/c1-16(2)20(18,19)15-11-4-5-12(14-10-11)17-8-3-6-13-7-9-17/h4-5,10,13,15H,3,6-9H2,1-2H3. The molecule has 1 saturated heterocycles. The number of nitrogens with one attached hydrogen (secondary N) is 2. The molecule has 0 saturated carbocycles. The Morgan fingerprint density at radius 3 is 2.75 bits per heavy atom. The number of aromatic nitrogens is 1. The van der Waals surface area contributed by atoms with E-state index in [1.807, 2.05) is 6.07 Å². The van der Waals surface area contributed by atoms with Crippen molar-refractivity contribution in [2.45, 2.75) is 6.42 Å². The second-order valence-electron chi connectivity index (χ2n) is 4.89. The van der Waals surface area contributed by atoms with Gasteiger partial charge in [0.05, 0.1) is 11.9 Å². The molecular weight excluding hydrogens is 278 g/mol. The van der Waals surface area contributed by atoms with E-state index in [2.05, 4.69) is 19.9 Å². The van der Waals surface area contributed by atoms with Gasteiger partial charge in [0.25, 0.3) is 0 Å². The van der Waals surface area contributed by atoms with E-state index in [9.17, 15) is 8.42 Å². The zero-order valence-corrected chi connectivity index (χ0v) is 12.7. The molecule has 0 unspecified atom stereocenters. The van der Waals surface area contributed by atoms with Crippen LogP contribution in [0.5, 0.6) is 0 Å². The SMILES string of the molecule is CN(C)S(=O)(=O)Nc1ccc(N2CCCNCC2)nc1. The number of hydrogen-bond donors (Lipinski definition) is 2. The smallest absolute Gasteiger partial charge is 0.301 e. The molecule has 2 heterocycles. The van der Waals surface area contributed by atoms with Gasteiger partial charge < -0.3 is 10.2 Å². The molecule has 0 bridgehead atoms. The fourth-order valence-corrected chi connectivity index (χ4v) is 2.55. The van der Waals surface area contributed by atoms with E-state index in [1.165, 1.54) is 14.1 Å². The number of anilines is 2. The molecule has 7 nitrogen and oxygen atoms in total. The summed E-state index contributed by atoms with van der Waals surface area (Å²) in [5.74, 6) is 0.876. The topological polar surface area (TPSA) is 77.6 Å². The van der Waals surface area contributed by atoms with Crippen LogP contribution in [0, 0.1) is 0 Å². The van der Waals surface area contributed by atoms with Gasteiger partial charge in [0, 0.05) is 33.7 Å². The molecule has 20 heavy (non-hydrogen) atoms. The summed E-state index contributed by atoms with van der Waals surface area (Å²) in [4.78, 5) is 6.54. The van der Waals surface area contributed by atoms with Crippen LogP contribution in [0.2, 0.25) is 0 Å². The summed E-state index contributed by atoms with van der Waals surface area (Å²) in [6, 6.07) is 3.58. The Hall–Kier alpha value is -1.38. The van der Waals surface area contributed by atoms with Crippen molar-refractivity contribution in [1.29, 1.82) is 0 Å². The van der Waals surface area contributed by atoms with Gasteiger partial charge in [0.1, 0.15) is 5.82 Å². The molecule has 0 radical (unpaired) electrons. The lowest BCUT2D eigenvalue weighted by atomic mass is 10.3. The fraction of sp³-hybridized carbons (Fsp3) is 0.583. The Bertz CT molecular complexity index is 521. The van der Waals surface area contributed by atoms with Gasteiger partial charge in [-0.25, -0.2) is 4.98 Å². The summed E-state index contributed by atoms with van der Waals surface area (Å²) in [6.07, 6.45) is 2.63. The van der Waals surface area contributed by atoms with Crippen molar-refractivity contribution in [3.8, 4) is 0 Å². The van der Waals surface area contributed by atoms with E-state index in [0.29, 0.717) is 5.69 Å². The highest BCUT2D eigenvalue weighted by Gasteiger charge is 2.14. The number of pyridine rings is 1. The van der Waals surface area contributed by atoms with Gasteiger partial charge in [-0.3, -0.25) is 4.72 Å². The molecule has 1 aromatic rings. The highest BCUT2D eigenvalue weighted by Crippen LogP contribution is 2.16. The Morgan fingerprint density at radius 1 is 1.30 bits per heavy atom. The van der Waals surface area contributed by atoms with Crippen LogP contribution in [0.4, 0.5) is 11.5 Å². The van der Waals surface area contributed by atoms with Crippen LogP contribution in [0.25, 0.3) is 0 Å². The molecule has 0 atom stereocenters. The third kappa shape index (κ3) is 3.81. The summed E-state index contributed by atoms with van der Waals surface area (Å²) >= 11 is 0. The van der Waals surface area contributed by atoms with Crippen LogP contribution in [0.15, 0.2) is 18.3 Å². The Labute approximate surface area is 120 Å². The zero-order chi connectivity index (χ0) is 14.6. The molecule has 1 aliphatic rings. The Balaban J connectivity index is 2.06. The second-order valence-corrected chi connectivity index (χ2v) is 6.77. The normalized spacial score (nSPS) is 17.1. The molecule has 2 rings (SSSR count). The van der Waals surface area contributed by atoms with Crippen molar-refractivity contribution in [3.63, 3.8) is 0 Å². The average molecular weight is 299 g/mol. The van der Waals surface area contributed by atoms with Gasteiger partial charge in [0.2, 0.25) is 0 Å². The molecular formula is C12H21N5O2S. The van der Waals surface area contributed by atoms with Gasteiger partial charge in [-0.2, -0.15) is 12.7 Å². The third-order valence-electron chi connectivity index (χ3n) is 3.14. The quantitative estimate of drug-likeness (QED) is 0.824. The first kappa shape index (κ1) is 15.0. The molecule has 1 aliphatic heterocycles. The van der Waals surface area contributed by atoms with Crippen LogP contribution >= 0.6 is 0 Å². The molecule has 0 aromatic carbocycles. The number of hydrogen-bond acceptors (Lipinski definition) is 5. The maximum absolute atomic E-state index is 11.7. The molecule has 1 fully saturated rings. The van der Waals surface area contributed by atoms with Crippen LogP contribution < -0.4 is 14.9 Å². The third-order valence-corrected chi connectivity index (χ3v) is 4.59. The largest absolute Gasteiger partial charge is 0.355 e. The molecule has 0 aliphatic carbocycles. The first-order chi connectivity index (χ1) is 9.49. The number of rotatable bonds is 4. The lowest BCUT2D eigenvalue weighted by Gasteiger charge is -2.21. The summed E-state index contributed by atoms with van der Waals surface area (Å²) in [5, 5.41) is 3.34. The van der Waals surface area contributed by atoms with E-state index in [4.69, 9.17) is 0 Å². The highest BCUT2D eigenvalue weighted by atomic mass is 32.2. The fourth-order valence-electron chi connectivity index (χ4n) is 1.95. The van der Waals surface area contributed by atoms with Crippen LogP contribution in [-0.4, -0.2) is 58.0 Å². The van der Waals surface area contributed by atoms with Crippen molar-refractivity contribution < 1.29 is 8.42 Å². The van der Waals surface area contributed by atoms with Crippen molar-refractivity contribution in [3.05, 3.63) is 18.3 Å². The minimum Gasteiger partial charge on any atom is -0.355 e. The zero-order valence-electron chi connectivity index (χ0n) is 11.8. The van der Waals surface area contributed by atoms with Crippen LogP contribution in [0.1, 0.15) is 6.42 Å². The maximum atomic E-state index is 11.7. The minimum absolute atomic E-state index is 0.468. The Morgan fingerprint density at radius 2 is 2.10 bits per heavy atom. The average Bonchev–Trinajstić information content (AvgIpc) is 2.68. The summed E-state index contributed by atoms with van der Waals surface area (Å²) < 4.78 is 27.0. The van der Waals surface area contributed by atoms with Gasteiger partial charge in [0.15, 0.2) is 0 Å². The van der Waals surface area contributed by atoms with E-state index < -0.39 is 10.2 Å². The Kier molecular flexibility index (Phi) is 4.79. The van der Waals surface area contributed by atoms with Gasteiger partial charge in [-0.1, -0.05) is 0 Å². The molecule has 112 valence electrons. The van der Waals surface area contributed by atoms with Crippen molar-refractivity contribution in [2.24, 2.45) is 0 Å². The van der Waals surface area contributed by atoms with Crippen LogP contribution in [0.3, 0.4) is 0 Å². The van der Waals surface area contributed by atoms with Gasteiger partial charge >= 0.3 is 10.2 Å². The first-order valence-electron chi connectivity index (χ1n) is 6.61. The number of nitrogens with zero attached hydrogens (tertiary/aromatic N) is 3. The van der Waals surface area contributed by atoms with Crippen molar-refractivity contribution in [1.82, 2.24) is 14.6 Å². The molecule has 2 N–H and O–H groups in total. The molecule has 0 spiro atoms. The minimum atomic E-state index is -3.48. The molecule has 1 aromatic heterocycles. The van der Waals surface area contributed by atoms with E-state index in [0.717, 1.165) is 42.7 Å². The summed E-state index contributed by atoms with van der Waals surface area (Å²) in [7, 11) is -0.514. The predicted octanol–water partition coefficient (Wildman–Crippen LogP) is 0.0996. The predicted molar refractivity (Wildman–Crippen MR) is 80.2 cm³/mol. The van der Waals surface area contributed by atoms with E-state index in [-0.39, 0.29) is 0 Å². The van der Waals surface area contributed by atoms with Gasteiger partial charge in [-0.15, -0.1) is 0 Å². The van der Waals surface area contributed by atoms with E-state index >= 15 is 0 Å². The second kappa shape index (κ2) is 6.38. The van der Waals surface area contributed by atoms with Crippen LogP contribution in [-0.2, 0) is 10.2 Å². The summed E-state index contributed by atoms with van der Waals surface area (Å²) in [5.41, 5.74) is 0.468. The van der Waals surface area contributed by atoms with Gasteiger partial charge in [-0.05, 0) is 25.1 Å². The molecule has 8 heteroatoms. The van der Waals surface area contributed by atoms with Crippen molar-refractivity contribution in [2.75, 3.05) is 49.9 Å². The highest BCUT2D eigenvalue weighted by molar-refractivity contribution is 7.90.